The van der Waals surface area contributed by atoms with E-state index >= 15 is 0 Å². The highest BCUT2D eigenvalue weighted by Gasteiger charge is 2.45. The average Bonchev–Trinajstić information content (AvgIpc) is 3.48. The molecule has 38 heavy (non-hydrogen) atoms. The minimum atomic E-state index is -0.832. The van der Waals surface area contributed by atoms with Crippen LogP contribution in [0.4, 0.5) is 0 Å². The minimum absolute atomic E-state index is 0.00705. The van der Waals surface area contributed by atoms with Crippen molar-refractivity contribution in [2.45, 2.75) is 12.5 Å². The number of nitrogens with zero attached hydrogens (tertiary/aromatic N) is 1. The van der Waals surface area contributed by atoms with E-state index in [4.69, 9.17) is 9.47 Å². The number of methoxy groups -OCH3 is 2. The Kier molecular flexibility index (Phi) is 6.70. The van der Waals surface area contributed by atoms with Gasteiger partial charge in [0.05, 0.1) is 31.4 Å². The van der Waals surface area contributed by atoms with Crippen LogP contribution in [0.25, 0.3) is 16.7 Å². The van der Waals surface area contributed by atoms with E-state index in [1.54, 1.807) is 61.7 Å². The van der Waals surface area contributed by atoms with Crippen LogP contribution >= 0.6 is 0 Å². The molecule has 1 atom stereocenters. The fourth-order valence-electron chi connectivity index (χ4n) is 4.86. The Morgan fingerprint density at radius 2 is 1.71 bits per heavy atom. The van der Waals surface area contributed by atoms with E-state index in [0.29, 0.717) is 28.9 Å². The molecule has 8 nitrogen and oxygen atoms in total. The number of nitrogens with one attached hydrogen (secondary N) is 1. The number of aliphatic hydroxyl groups excluding tert-OH is 1. The van der Waals surface area contributed by atoms with Gasteiger partial charge in [0.15, 0.2) is 0 Å². The number of carbonyl (C=O) groups is 3. The number of aliphatic hydroxyl groups is 1. The number of fused-ring (bicyclic) bond motifs is 1. The summed E-state index contributed by atoms with van der Waals surface area (Å²) < 4.78 is 10.1. The summed E-state index contributed by atoms with van der Waals surface area (Å²) in [5.41, 5.74) is 3.27. The number of aromatic amines is 1. The van der Waals surface area contributed by atoms with Crippen molar-refractivity contribution in [3.05, 3.63) is 107 Å². The molecular formula is C30H26N2O6. The predicted octanol–water partition coefficient (Wildman–Crippen LogP) is 4.63. The number of hydrogen-bond acceptors (Lipinski definition) is 6. The number of benzene rings is 3. The van der Waals surface area contributed by atoms with Crippen LogP contribution < -0.4 is 4.74 Å². The highest BCUT2D eigenvalue weighted by atomic mass is 16.5. The zero-order valence-electron chi connectivity index (χ0n) is 20.9. The third kappa shape index (κ3) is 4.41. The molecule has 1 aliphatic rings. The first-order chi connectivity index (χ1) is 18.4. The Hall–Kier alpha value is -4.85. The van der Waals surface area contributed by atoms with Crippen LogP contribution in [0.1, 0.15) is 33.1 Å². The molecule has 1 fully saturated rings. The molecule has 1 amide bonds. The van der Waals surface area contributed by atoms with Gasteiger partial charge in [0.2, 0.25) is 0 Å². The van der Waals surface area contributed by atoms with Crippen LogP contribution in [0.2, 0.25) is 0 Å². The topological polar surface area (TPSA) is 109 Å². The fourth-order valence-corrected chi connectivity index (χ4v) is 4.86. The monoisotopic (exact) mass is 510 g/mol. The number of H-pyrrole nitrogens is 1. The third-order valence-electron chi connectivity index (χ3n) is 6.83. The molecule has 0 unspecified atom stereocenters. The number of ketones is 1. The lowest BCUT2D eigenvalue weighted by atomic mass is 9.94. The average molecular weight is 511 g/mol. The summed E-state index contributed by atoms with van der Waals surface area (Å²) in [7, 11) is 2.90. The van der Waals surface area contributed by atoms with E-state index in [1.165, 1.54) is 12.0 Å². The van der Waals surface area contributed by atoms with Crippen molar-refractivity contribution in [1.82, 2.24) is 9.88 Å². The minimum Gasteiger partial charge on any atom is -0.507 e. The van der Waals surface area contributed by atoms with Crippen LogP contribution in [0, 0.1) is 0 Å². The number of amides is 1. The summed E-state index contributed by atoms with van der Waals surface area (Å²) in [6.45, 7) is 0.226. The molecule has 3 aromatic carbocycles. The number of aromatic nitrogens is 1. The highest BCUT2D eigenvalue weighted by molar-refractivity contribution is 6.46. The first kappa shape index (κ1) is 24.8. The van der Waals surface area contributed by atoms with Crippen molar-refractivity contribution < 1.29 is 29.0 Å². The van der Waals surface area contributed by atoms with E-state index in [0.717, 1.165) is 16.5 Å². The lowest BCUT2D eigenvalue weighted by Gasteiger charge is -2.25. The standard InChI is InChI=1S/C30H26N2O6/c1-37-22-12-13-24-23(16-22)21(17-31-24)14-15-32-26(18-8-10-20(11-9-18)30(36)38-2)25(28(34)29(32)35)27(33)19-6-4-3-5-7-19/h3-13,16-17,26,31,33H,14-15H2,1-2H3/t26-/m1/s1. The molecule has 0 aliphatic carbocycles. The van der Waals surface area contributed by atoms with Crippen molar-refractivity contribution in [1.29, 1.82) is 0 Å². The Balaban J connectivity index is 1.55. The van der Waals surface area contributed by atoms with E-state index in [-0.39, 0.29) is 17.9 Å². The van der Waals surface area contributed by atoms with Gasteiger partial charge in [-0.1, -0.05) is 42.5 Å². The molecule has 5 rings (SSSR count). The number of likely N-dealkylation sites (tertiary alicyclic amines) is 1. The van der Waals surface area contributed by atoms with E-state index in [9.17, 15) is 19.5 Å². The molecule has 0 radical (unpaired) electrons. The normalized spacial score (nSPS) is 16.7. The van der Waals surface area contributed by atoms with Gasteiger partial charge in [-0.05, 0) is 47.9 Å². The molecule has 0 saturated carbocycles. The van der Waals surface area contributed by atoms with Gasteiger partial charge in [0.25, 0.3) is 11.7 Å². The van der Waals surface area contributed by atoms with Crippen LogP contribution in [-0.2, 0) is 20.7 Å². The summed E-state index contributed by atoms with van der Waals surface area (Å²) in [6.07, 6.45) is 2.34. The number of hydrogen-bond donors (Lipinski definition) is 2. The number of esters is 1. The SMILES string of the molecule is COC(=O)c1ccc([C@@H]2C(=C(O)c3ccccc3)C(=O)C(=O)N2CCc2c[nH]c3ccc(OC)cc23)cc1. The first-order valence-electron chi connectivity index (χ1n) is 12.1. The number of rotatable bonds is 7. The lowest BCUT2D eigenvalue weighted by molar-refractivity contribution is -0.139. The Morgan fingerprint density at radius 3 is 2.39 bits per heavy atom. The molecule has 2 heterocycles. The molecular weight excluding hydrogens is 484 g/mol. The maximum absolute atomic E-state index is 13.3. The summed E-state index contributed by atoms with van der Waals surface area (Å²) >= 11 is 0. The van der Waals surface area contributed by atoms with Crippen LogP contribution in [-0.4, -0.2) is 53.4 Å². The van der Waals surface area contributed by atoms with E-state index in [1.807, 2.05) is 24.4 Å². The number of carbonyl (C=O) groups excluding carboxylic acids is 3. The molecule has 1 aromatic heterocycles. The third-order valence-corrected chi connectivity index (χ3v) is 6.83. The molecule has 8 heteroatoms. The Morgan fingerprint density at radius 1 is 0.974 bits per heavy atom. The Labute approximate surface area is 219 Å². The van der Waals surface area contributed by atoms with Crippen molar-refractivity contribution >= 4 is 34.3 Å². The zero-order chi connectivity index (χ0) is 26.8. The second-order valence-corrected chi connectivity index (χ2v) is 8.95. The van der Waals surface area contributed by atoms with Gasteiger partial charge < -0.3 is 24.5 Å². The fraction of sp³-hybridized carbons (Fsp3) is 0.167. The van der Waals surface area contributed by atoms with Crippen molar-refractivity contribution in [2.24, 2.45) is 0 Å². The Bertz CT molecular complexity index is 1550. The van der Waals surface area contributed by atoms with Gasteiger partial charge in [-0.25, -0.2) is 4.79 Å². The maximum Gasteiger partial charge on any atom is 0.337 e. The molecule has 0 bridgehead atoms. The summed E-state index contributed by atoms with van der Waals surface area (Å²) in [6, 6.07) is 20.0. The second-order valence-electron chi connectivity index (χ2n) is 8.95. The van der Waals surface area contributed by atoms with Crippen LogP contribution in [0.15, 0.2) is 84.6 Å². The zero-order valence-corrected chi connectivity index (χ0v) is 20.9. The first-order valence-corrected chi connectivity index (χ1v) is 12.1. The summed E-state index contributed by atoms with van der Waals surface area (Å²) in [5.74, 6) is -1.47. The van der Waals surface area contributed by atoms with Crippen LogP contribution in [0.5, 0.6) is 5.75 Å². The van der Waals surface area contributed by atoms with Gasteiger partial charge in [-0.15, -0.1) is 0 Å². The smallest absolute Gasteiger partial charge is 0.337 e. The van der Waals surface area contributed by atoms with Gasteiger partial charge in [-0.2, -0.15) is 0 Å². The number of Topliss-reactive ketones (excluding diaryl/α,β-unsaturated/α-hetero) is 1. The van der Waals surface area contributed by atoms with Crippen molar-refractivity contribution in [3.63, 3.8) is 0 Å². The molecule has 0 spiro atoms. The molecule has 2 N–H and O–H groups in total. The van der Waals surface area contributed by atoms with E-state index in [2.05, 4.69) is 4.98 Å². The molecule has 1 saturated heterocycles. The highest BCUT2D eigenvalue weighted by Crippen LogP contribution is 2.39. The summed E-state index contributed by atoms with van der Waals surface area (Å²) in [5, 5.41) is 12.1. The maximum atomic E-state index is 13.3. The molecule has 192 valence electrons. The van der Waals surface area contributed by atoms with Crippen molar-refractivity contribution in [2.75, 3.05) is 20.8 Å². The predicted molar refractivity (Wildman–Crippen MR) is 142 cm³/mol. The second kappa shape index (κ2) is 10.3. The molecule has 4 aromatic rings. The van der Waals surface area contributed by atoms with Gasteiger partial charge >= 0.3 is 5.97 Å². The van der Waals surface area contributed by atoms with Gasteiger partial charge in [0, 0.05) is 29.2 Å². The van der Waals surface area contributed by atoms with Gasteiger partial charge in [-0.3, -0.25) is 9.59 Å². The largest absolute Gasteiger partial charge is 0.507 e. The van der Waals surface area contributed by atoms with Crippen molar-refractivity contribution in [3.8, 4) is 5.75 Å². The van der Waals surface area contributed by atoms with Gasteiger partial charge in [0.1, 0.15) is 11.5 Å². The van der Waals surface area contributed by atoms with Crippen LogP contribution in [0.3, 0.4) is 0 Å². The summed E-state index contributed by atoms with van der Waals surface area (Å²) in [4.78, 5) is 43.3. The lowest BCUT2D eigenvalue weighted by Crippen LogP contribution is -2.31. The number of ether oxygens (including phenoxy) is 2. The molecule has 1 aliphatic heterocycles. The van der Waals surface area contributed by atoms with E-state index < -0.39 is 23.7 Å². The quantitative estimate of drug-likeness (QED) is 0.162.